The molecule has 1 aromatic carbocycles. The minimum absolute atomic E-state index is 0.0285. The van der Waals surface area contributed by atoms with Gasteiger partial charge in [0.05, 0.1) is 17.6 Å². The maximum absolute atomic E-state index is 13.3. The maximum atomic E-state index is 13.3. The number of imidazole rings is 1. The lowest BCUT2D eigenvalue weighted by Gasteiger charge is -2.34. The standard InChI is InChI=1S/C29H45N3O2/c1-4-21(3)23-12-14-24(15-13-23)29-30-26-16-11-22(20-33)19-27(26)32(29)18-17-28(34)31(5-2)25-9-7-6-8-10-25/h11,16,19,21,23-25,33H,4-10,12-15,17-18,20H2,1-3H3/t21-,23?,24?/m1/s1. The molecule has 1 atom stereocenters. The maximum Gasteiger partial charge on any atom is 0.224 e. The van der Waals surface area contributed by atoms with Gasteiger partial charge in [-0.05, 0) is 75.0 Å². The fourth-order valence-corrected chi connectivity index (χ4v) is 6.49. The highest BCUT2D eigenvalue weighted by atomic mass is 16.3. The Hall–Kier alpha value is -1.88. The van der Waals surface area contributed by atoms with Gasteiger partial charge in [0, 0.05) is 31.5 Å². The molecular weight excluding hydrogens is 422 g/mol. The van der Waals surface area contributed by atoms with Crippen molar-refractivity contribution in [1.29, 1.82) is 0 Å². The predicted molar refractivity (Wildman–Crippen MR) is 139 cm³/mol. The molecule has 0 bridgehead atoms. The lowest BCUT2D eigenvalue weighted by atomic mass is 9.75. The van der Waals surface area contributed by atoms with Gasteiger partial charge in [-0.2, -0.15) is 0 Å². The Morgan fingerprint density at radius 3 is 2.50 bits per heavy atom. The third-order valence-corrected chi connectivity index (χ3v) is 8.84. The van der Waals surface area contributed by atoms with Crippen molar-refractivity contribution in [2.75, 3.05) is 6.54 Å². The predicted octanol–water partition coefficient (Wildman–Crippen LogP) is 6.42. The number of nitrogens with zero attached hydrogens (tertiary/aromatic N) is 3. The summed E-state index contributed by atoms with van der Waals surface area (Å²) in [5, 5.41) is 9.72. The SMILES string of the molecule is CC[C@@H](C)C1CCC(c2nc3ccc(CO)cc3n2CCC(=O)N(CC)C2CCCCC2)CC1. The fraction of sp³-hybridized carbons (Fsp3) is 0.724. The third-order valence-electron chi connectivity index (χ3n) is 8.84. The van der Waals surface area contributed by atoms with Gasteiger partial charge in [0.2, 0.25) is 5.91 Å². The molecule has 34 heavy (non-hydrogen) atoms. The molecule has 0 unspecified atom stereocenters. The Kier molecular flexibility index (Phi) is 8.68. The summed E-state index contributed by atoms with van der Waals surface area (Å²) >= 11 is 0. The Morgan fingerprint density at radius 1 is 1.12 bits per heavy atom. The molecule has 5 nitrogen and oxygen atoms in total. The first-order valence-electron chi connectivity index (χ1n) is 13.9. The number of hydrogen-bond acceptors (Lipinski definition) is 3. The molecule has 1 amide bonds. The van der Waals surface area contributed by atoms with Gasteiger partial charge >= 0.3 is 0 Å². The van der Waals surface area contributed by atoms with Gasteiger partial charge in [0.1, 0.15) is 5.82 Å². The van der Waals surface area contributed by atoms with E-state index in [9.17, 15) is 9.90 Å². The summed E-state index contributed by atoms with van der Waals surface area (Å²) in [4.78, 5) is 20.5. The van der Waals surface area contributed by atoms with Crippen LogP contribution in [0.5, 0.6) is 0 Å². The first-order valence-corrected chi connectivity index (χ1v) is 13.9. The monoisotopic (exact) mass is 467 g/mol. The molecule has 1 heterocycles. The Bertz CT molecular complexity index is 938. The van der Waals surface area contributed by atoms with Gasteiger partial charge < -0.3 is 14.6 Å². The van der Waals surface area contributed by atoms with Gasteiger partial charge in [0.15, 0.2) is 0 Å². The molecule has 1 aromatic heterocycles. The molecular formula is C29H45N3O2. The van der Waals surface area contributed by atoms with Crippen molar-refractivity contribution in [3.63, 3.8) is 0 Å². The number of aryl methyl sites for hydroxylation is 1. The molecule has 0 aliphatic heterocycles. The third kappa shape index (κ3) is 5.50. The van der Waals surface area contributed by atoms with Crippen molar-refractivity contribution in [1.82, 2.24) is 14.5 Å². The number of amides is 1. The van der Waals surface area contributed by atoms with Gasteiger partial charge in [-0.3, -0.25) is 4.79 Å². The van der Waals surface area contributed by atoms with E-state index in [0.29, 0.717) is 24.9 Å². The Morgan fingerprint density at radius 2 is 1.85 bits per heavy atom. The number of hydrogen-bond donors (Lipinski definition) is 1. The molecule has 2 fully saturated rings. The summed E-state index contributed by atoms with van der Waals surface area (Å²) in [7, 11) is 0. The number of benzene rings is 1. The first-order chi connectivity index (χ1) is 16.5. The zero-order valence-electron chi connectivity index (χ0n) is 21.6. The van der Waals surface area contributed by atoms with E-state index < -0.39 is 0 Å². The highest BCUT2D eigenvalue weighted by Gasteiger charge is 2.29. The van der Waals surface area contributed by atoms with E-state index in [1.165, 1.54) is 51.4 Å². The van der Waals surface area contributed by atoms with Crippen LogP contribution >= 0.6 is 0 Å². The average molecular weight is 468 g/mol. The van der Waals surface area contributed by atoms with Crippen molar-refractivity contribution in [3.8, 4) is 0 Å². The van der Waals surface area contributed by atoms with E-state index >= 15 is 0 Å². The zero-order valence-corrected chi connectivity index (χ0v) is 21.6. The van der Waals surface area contributed by atoms with Crippen LogP contribution in [0.2, 0.25) is 0 Å². The Balaban J connectivity index is 1.54. The lowest BCUT2D eigenvalue weighted by Crippen LogP contribution is -2.41. The van der Waals surface area contributed by atoms with E-state index in [-0.39, 0.29) is 12.5 Å². The smallest absolute Gasteiger partial charge is 0.224 e. The van der Waals surface area contributed by atoms with Crippen molar-refractivity contribution in [2.45, 2.75) is 117 Å². The van der Waals surface area contributed by atoms with Gasteiger partial charge in [0.25, 0.3) is 0 Å². The van der Waals surface area contributed by atoms with Gasteiger partial charge in [-0.1, -0.05) is 45.6 Å². The molecule has 0 spiro atoms. The zero-order chi connectivity index (χ0) is 24.1. The van der Waals surface area contributed by atoms with Crippen LogP contribution in [0.4, 0.5) is 0 Å². The van der Waals surface area contributed by atoms with Crippen LogP contribution in [0, 0.1) is 11.8 Å². The molecule has 2 aliphatic rings. The minimum atomic E-state index is 0.0285. The molecule has 2 saturated carbocycles. The highest BCUT2D eigenvalue weighted by molar-refractivity contribution is 5.79. The van der Waals surface area contributed by atoms with Crippen LogP contribution in [0.15, 0.2) is 18.2 Å². The summed E-state index contributed by atoms with van der Waals surface area (Å²) in [6.07, 6.45) is 12.8. The van der Waals surface area contributed by atoms with Crippen molar-refractivity contribution < 1.29 is 9.90 Å². The normalized spacial score (nSPS) is 22.7. The van der Waals surface area contributed by atoms with Crippen molar-refractivity contribution in [2.24, 2.45) is 11.8 Å². The van der Waals surface area contributed by atoms with E-state index in [0.717, 1.165) is 53.6 Å². The summed E-state index contributed by atoms with van der Waals surface area (Å²) in [6.45, 7) is 8.32. The molecule has 0 saturated heterocycles. The van der Waals surface area contributed by atoms with E-state index in [4.69, 9.17) is 4.98 Å². The van der Waals surface area contributed by atoms with Crippen LogP contribution < -0.4 is 0 Å². The van der Waals surface area contributed by atoms with Crippen LogP contribution in [0.1, 0.15) is 109 Å². The van der Waals surface area contributed by atoms with Crippen LogP contribution in [0.3, 0.4) is 0 Å². The fourth-order valence-electron chi connectivity index (χ4n) is 6.49. The second-order valence-electron chi connectivity index (χ2n) is 10.8. The molecule has 2 aromatic rings. The molecule has 2 aliphatic carbocycles. The molecule has 188 valence electrons. The second kappa shape index (κ2) is 11.7. The molecule has 4 rings (SSSR count). The minimum Gasteiger partial charge on any atom is -0.392 e. The number of carbonyl (C=O) groups excluding carboxylic acids is 1. The topological polar surface area (TPSA) is 58.4 Å². The summed E-state index contributed by atoms with van der Waals surface area (Å²) in [5.74, 6) is 3.52. The highest BCUT2D eigenvalue weighted by Crippen LogP contribution is 2.40. The van der Waals surface area contributed by atoms with Gasteiger partial charge in [-0.25, -0.2) is 4.98 Å². The number of rotatable bonds is 9. The summed E-state index contributed by atoms with van der Waals surface area (Å²) in [6, 6.07) is 6.49. The van der Waals surface area contributed by atoms with Crippen LogP contribution in [-0.4, -0.2) is 38.1 Å². The average Bonchev–Trinajstić information content (AvgIpc) is 3.25. The molecule has 0 radical (unpaired) electrons. The van der Waals surface area contributed by atoms with E-state index in [2.05, 4.69) is 36.3 Å². The largest absolute Gasteiger partial charge is 0.392 e. The van der Waals surface area contributed by atoms with E-state index in [1.54, 1.807) is 0 Å². The lowest BCUT2D eigenvalue weighted by molar-refractivity contribution is -0.134. The summed E-state index contributed by atoms with van der Waals surface area (Å²) in [5.41, 5.74) is 2.96. The number of aliphatic hydroxyl groups is 1. The number of carbonyl (C=O) groups is 1. The van der Waals surface area contributed by atoms with Crippen LogP contribution in [0.25, 0.3) is 11.0 Å². The molecule has 1 N–H and O–H groups in total. The molecule has 5 heteroatoms. The van der Waals surface area contributed by atoms with Crippen LogP contribution in [-0.2, 0) is 17.9 Å². The number of aromatic nitrogens is 2. The quantitative estimate of drug-likeness (QED) is 0.463. The Labute approximate surface area is 205 Å². The first kappa shape index (κ1) is 25.2. The van der Waals surface area contributed by atoms with E-state index in [1.807, 2.05) is 12.1 Å². The second-order valence-corrected chi connectivity index (χ2v) is 10.8. The number of aliphatic hydroxyl groups excluding tert-OH is 1. The summed E-state index contributed by atoms with van der Waals surface area (Å²) < 4.78 is 2.31. The van der Waals surface area contributed by atoms with Crippen molar-refractivity contribution >= 4 is 16.9 Å². The van der Waals surface area contributed by atoms with Crippen molar-refractivity contribution in [3.05, 3.63) is 29.6 Å². The number of fused-ring (bicyclic) bond motifs is 1. The van der Waals surface area contributed by atoms with Gasteiger partial charge in [-0.15, -0.1) is 0 Å².